The van der Waals surface area contributed by atoms with Gasteiger partial charge in [0.2, 0.25) is 0 Å². The highest BCUT2D eigenvalue weighted by Crippen LogP contribution is 2.18. The molecule has 2 unspecified atom stereocenters. The minimum absolute atomic E-state index is 0.0301. The van der Waals surface area contributed by atoms with Gasteiger partial charge < -0.3 is 14.8 Å². The number of esters is 1. The third-order valence-electron chi connectivity index (χ3n) is 3.74. The second-order valence-electron chi connectivity index (χ2n) is 5.33. The number of hydrogen-bond acceptors (Lipinski definition) is 4. The van der Waals surface area contributed by atoms with Crippen molar-refractivity contribution in [1.29, 1.82) is 0 Å². The second kappa shape index (κ2) is 9.32. The summed E-state index contributed by atoms with van der Waals surface area (Å²) >= 11 is 0. The minimum atomic E-state index is -0.677. The molecule has 0 radical (unpaired) electrons. The van der Waals surface area contributed by atoms with Crippen LogP contribution in [0, 0.1) is 5.92 Å². The maximum atomic E-state index is 11.9. The molecule has 0 aromatic heterocycles. The number of likely N-dealkylation sites (N-methyl/N-ethyl adjacent to an activating group) is 1. The zero-order valence-electron chi connectivity index (χ0n) is 13.4. The first-order valence-corrected chi connectivity index (χ1v) is 7.41. The number of ether oxygens (including phenoxy) is 2. The third kappa shape index (κ3) is 6.39. The molecular weight excluding hydrogens is 242 g/mol. The molecule has 114 valence electrons. The lowest BCUT2D eigenvalue weighted by molar-refractivity contribution is -0.152. The molecular formula is C15H31NO3. The fourth-order valence-electron chi connectivity index (χ4n) is 2.04. The molecule has 0 amide bonds. The van der Waals surface area contributed by atoms with Crippen LogP contribution in [0.15, 0.2) is 0 Å². The Balaban J connectivity index is 4.33. The molecule has 0 aromatic carbocycles. The van der Waals surface area contributed by atoms with Crippen molar-refractivity contribution in [3.63, 3.8) is 0 Å². The van der Waals surface area contributed by atoms with Crippen molar-refractivity contribution in [1.82, 2.24) is 5.32 Å². The monoisotopic (exact) mass is 273 g/mol. The lowest BCUT2D eigenvalue weighted by Gasteiger charge is -2.30. The van der Waals surface area contributed by atoms with Crippen LogP contribution >= 0.6 is 0 Å². The average Bonchev–Trinajstić information content (AvgIpc) is 2.40. The maximum absolute atomic E-state index is 11.9. The van der Waals surface area contributed by atoms with Crippen LogP contribution in [0.25, 0.3) is 0 Å². The second-order valence-corrected chi connectivity index (χ2v) is 5.33. The van der Waals surface area contributed by atoms with Gasteiger partial charge in [-0.2, -0.15) is 0 Å². The number of nitrogens with one attached hydrogen (secondary N) is 1. The molecule has 4 nitrogen and oxygen atoms in total. The molecule has 0 aliphatic carbocycles. The molecule has 19 heavy (non-hydrogen) atoms. The molecule has 0 rings (SSSR count). The Bertz CT molecular complexity index is 254. The number of carbonyl (C=O) groups excluding carboxylic acids is 1. The van der Waals surface area contributed by atoms with Gasteiger partial charge in [-0.05, 0) is 33.7 Å². The van der Waals surface area contributed by atoms with Gasteiger partial charge in [0.25, 0.3) is 0 Å². The molecule has 0 fully saturated rings. The summed E-state index contributed by atoms with van der Waals surface area (Å²) in [5.74, 6) is 0.390. The molecule has 2 atom stereocenters. The minimum Gasteiger partial charge on any atom is -0.465 e. The quantitative estimate of drug-likeness (QED) is 0.622. The highest BCUT2D eigenvalue weighted by atomic mass is 16.5. The fraction of sp³-hybridized carbons (Fsp3) is 0.933. The van der Waals surface area contributed by atoms with Crippen LogP contribution in [-0.2, 0) is 14.3 Å². The number of rotatable bonds is 10. The van der Waals surface area contributed by atoms with Gasteiger partial charge in [-0.25, -0.2) is 0 Å². The summed E-state index contributed by atoms with van der Waals surface area (Å²) < 4.78 is 11.0. The van der Waals surface area contributed by atoms with E-state index in [0.717, 1.165) is 19.4 Å². The van der Waals surface area contributed by atoms with Gasteiger partial charge in [0.05, 0.1) is 12.7 Å². The van der Waals surface area contributed by atoms with E-state index in [9.17, 15) is 4.79 Å². The highest BCUT2D eigenvalue weighted by molar-refractivity contribution is 5.80. The van der Waals surface area contributed by atoms with E-state index < -0.39 is 5.54 Å². The van der Waals surface area contributed by atoms with E-state index in [-0.39, 0.29) is 12.1 Å². The van der Waals surface area contributed by atoms with Crippen molar-refractivity contribution < 1.29 is 14.3 Å². The van der Waals surface area contributed by atoms with E-state index in [1.165, 1.54) is 0 Å². The summed E-state index contributed by atoms with van der Waals surface area (Å²) in [5.41, 5.74) is -0.677. The molecule has 1 N–H and O–H groups in total. The summed E-state index contributed by atoms with van der Waals surface area (Å²) in [6.45, 7) is 11.2. The predicted octanol–water partition coefficient (Wildman–Crippen LogP) is 2.76. The first-order valence-electron chi connectivity index (χ1n) is 7.41. The van der Waals surface area contributed by atoms with Gasteiger partial charge in [0, 0.05) is 13.0 Å². The zero-order chi connectivity index (χ0) is 14.9. The smallest absolute Gasteiger partial charge is 0.326 e. The summed E-state index contributed by atoms with van der Waals surface area (Å²) in [6, 6.07) is 0. The number of hydrogen-bond donors (Lipinski definition) is 1. The van der Waals surface area contributed by atoms with Crippen molar-refractivity contribution in [2.24, 2.45) is 5.92 Å². The van der Waals surface area contributed by atoms with Gasteiger partial charge in [-0.1, -0.05) is 26.7 Å². The molecule has 0 bridgehead atoms. The van der Waals surface area contributed by atoms with Crippen LogP contribution in [0.2, 0.25) is 0 Å². The Morgan fingerprint density at radius 2 is 1.84 bits per heavy atom. The van der Waals surface area contributed by atoms with Gasteiger partial charge >= 0.3 is 5.97 Å². The Kier molecular flexibility index (Phi) is 9.02. The molecule has 4 heteroatoms. The predicted molar refractivity (Wildman–Crippen MR) is 78.2 cm³/mol. The van der Waals surface area contributed by atoms with Crippen LogP contribution in [-0.4, -0.2) is 37.9 Å². The van der Waals surface area contributed by atoms with Crippen molar-refractivity contribution in [2.75, 3.05) is 20.3 Å². The molecule has 0 aromatic rings. The first kappa shape index (κ1) is 18.4. The maximum Gasteiger partial charge on any atom is 0.326 e. The molecule has 0 aliphatic heterocycles. The Hall–Kier alpha value is -0.610. The van der Waals surface area contributed by atoms with Crippen molar-refractivity contribution >= 4 is 5.97 Å². The standard InChI is InChI=1S/C15H31NO3/c1-7-13(8-2)11-19-12(4)10-15(5,16-6)14(17)18-9-3/h12-13,16H,7-11H2,1-6H3. The van der Waals surface area contributed by atoms with Crippen LogP contribution in [0.1, 0.15) is 53.9 Å². The lowest BCUT2D eigenvalue weighted by Crippen LogP contribution is -2.50. The summed E-state index contributed by atoms with van der Waals surface area (Å²) in [5, 5.41) is 3.05. The molecule has 0 spiro atoms. The molecule has 0 aliphatic rings. The van der Waals surface area contributed by atoms with Gasteiger partial charge in [0.15, 0.2) is 0 Å². The van der Waals surface area contributed by atoms with E-state index in [1.807, 2.05) is 20.8 Å². The van der Waals surface area contributed by atoms with Crippen molar-refractivity contribution in [2.45, 2.75) is 65.5 Å². The molecule has 0 saturated heterocycles. The molecule has 0 heterocycles. The molecule has 0 saturated carbocycles. The van der Waals surface area contributed by atoms with E-state index in [4.69, 9.17) is 9.47 Å². The van der Waals surface area contributed by atoms with Crippen molar-refractivity contribution in [3.05, 3.63) is 0 Å². The van der Waals surface area contributed by atoms with E-state index in [0.29, 0.717) is 18.9 Å². The van der Waals surface area contributed by atoms with E-state index in [1.54, 1.807) is 7.05 Å². The largest absolute Gasteiger partial charge is 0.465 e. The Labute approximate surface area is 118 Å². The lowest BCUT2D eigenvalue weighted by atomic mass is 9.95. The SMILES string of the molecule is CCOC(=O)C(C)(CC(C)OCC(CC)CC)NC. The van der Waals surface area contributed by atoms with Crippen LogP contribution in [0.4, 0.5) is 0 Å². The first-order chi connectivity index (χ1) is 8.93. The van der Waals surface area contributed by atoms with E-state index >= 15 is 0 Å². The third-order valence-corrected chi connectivity index (χ3v) is 3.74. The Morgan fingerprint density at radius 1 is 1.26 bits per heavy atom. The Morgan fingerprint density at radius 3 is 2.26 bits per heavy atom. The van der Waals surface area contributed by atoms with Crippen LogP contribution < -0.4 is 5.32 Å². The average molecular weight is 273 g/mol. The van der Waals surface area contributed by atoms with Crippen molar-refractivity contribution in [3.8, 4) is 0 Å². The van der Waals surface area contributed by atoms with Gasteiger partial charge in [-0.3, -0.25) is 4.79 Å². The summed E-state index contributed by atoms with van der Waals surface area (Å²) in [6.07, 6.45) is 2.90. The highest BCUT2D eigenvalue weighted by Gasteiger charge is 2.34. The van der Waals surface area contributed by atoms with Crippen LogP contribution in [0.5, 0.6) is 0 Å². The number of carbonyl (C=O) groups is 1. The van der Waals surface area contributed by atoms with E-state index in [2.05, 4.69) is 19.2 Å². The van der Waals surface area contributed by atoms with Crippen LogP contribution in [0.3, 0.4) is 0 Å². The zero-order valence-corrected chi connectivity index (χ0v) is 13.4. The van der Waals surface area contributed by atoms with Gasteiger partial charge in [-0.15, -0.1) is 0 Å². The topological polar surface area (TPSA) is 47.6 Å². The van der Waals surface area contributed by atoms with Gasteiger partial charge in [0.1, 0.15) is 5.54 Å². The summed E-state index contributed by atoms with van der Waals surface area (Å²) in [7, 11) is 1.78. The fourth-order valence-corrected chi connectivity index (χ4v) is 2.04. The summed E-state index contributed by atoms with van der Waals surface area (Å²) in [4.78, 5) is 11.9. The normalized spacial score (nSPS) is 16.2.